The predicted octanol–water partition coefficient (Wildman–Crippen LogP) is 2.18. The van der Waals surface area contributed by atoms with E-state index in [9.17, 15) is 4.79 Å². The lowest BCUT2D eigenvalue weighted by atomic mass is 10.1. The van der Waals surface area contributed by atoms with Gasteiger partial charge in [0.15, 0.2) is 0 Å². The van der Waals surface area contributed by atoms with Gasteiger partial charge in [0.2, 0.25) is 0 Å². The SMILES string of the molecule is O=C(O)[C@@H]1C[C@H]1COc1ccc(-c2cn[nH]c2)cc1. The molecule has 0 bridgehead atoms. The molecule has 98 valence electrons. The van der Waals surface area contributed by atoms with Crippen LogP contribution >= 0.6 is 0 Å². The molecule has 0 unspecified atom stereocenters. The molecule has 1 aliphatic carbocycles. The number of benzene rings is 1. The summed E-state index contributed by atoms with van der Waals surface area (Å²) in [5.74, 6) is -0.0107. The third-order valence-corrected chi connectivity index (χ3v) is 3.39. The average Bonchev–Trinajstić information content (AvgIpc) is 3.00. The molecular formula is C14H14N2O3. The zero-order chi connectivity index (χ0) is 13.2. The highest BCUT2D eigenvalue weighted by Crippen LogP contribution is 2.38. The minimum Gasteiger partial charge on any atom is -0.493 e. The van der Waals surface area contributed by atoms with Crippen molar-refractivity contribution in [2.75, 3.05) is 6.61 Å². The molecule has 0 amide bonds. The van der Waals surface area contributed by atoms with Crippen LogP contribution in [0.3, 0.4) is 0 Å². The van der Waals surface area contributed by atoms with Crippen LogP contribution in [0.1, 0.15) is 6.42 Å². The Bertz CT molecular complexity index is 563. The first-order valence-electron chi connectivity index (χ1n) is 6.19. The lowest BCUT2D eigenvalue weighted by molar-refractivity contribution is -0.138. The number of carboxylic acids is 1. The monoisotopic (exact) mass is 258 g/mol. The molecule has 0 spiro atoms. The number of rotatable bonds is 5. The van der Waals surface area contributed by atoms with E-state index >= 15 is 0 Å². The van der Waals surface area contributed by atoms with Crippen molar-refractivity contribution in [3.63, 3.8) is 0 Å². The standard InChI is InChI=1S/C14H14N2O3/c17-14(18)13-5-10(13)8-19-12-3-1-9(2-4-12)11-6-15-16-7-11/h1-4,6-7,10,13H,5,8H2,(H,15,16)(H,17,18)/t10-,13+/m0/s1. The summed E-state index contributed by atoms with van der Waals surface area (Å²) in [6.07, 6.45) is 4.32. The van der Waals surface area contributed by atoms with E-state index in [1.54, 1.807) is 6.20 Å². The Balaban J connectivity index is 1.57. The van der Waals surface area contributed by atoms with Gasteiger partial charge in [-0.2, -0.15) is 5.10 Å². The van der Waals surface area contributed by atoms with Gasteiger partial charge in [-0.05, 0) is 24.1 Å². The Hall–Kier alpha value is -2.30. The minimum atomic E-state index is -0.719. The third kappa shape index (κ3) is 2.59. The molecule has 3 rings (SSSR count). The molecule has 1 aliphatic rings. The van der Waals surface area contributed by atoms with Crippen LogP contribution in [-0.2, 0) is 4.79 Å². The van der Waals surface area contributed by atoms with Crippen LogP contribution in [0.5, 0.6) is 5.75 Å². The molecule has 19 heavy (non-hydrogen) atoms. The fourth-order valence-corrected chi connectivity index (χ4v) is 2.09. The number of carboxylic acid groups (broad SMARTS) is 1. The van der Waals surface area contributed by atoms with Crippen molar-refractivity contribution in [3.05, 3.63) is 36.7 Å². The molecule has 1 heterocycles. The first-order chi connectivity index (χ1) is 9.24. The molecule has 0 radical (unpaired) electrons. The van der Waals surface area contributed by atoms with Crippen LogP contribution in [0.25, 0.3) is 11.1 Å². The summed E-state index contributed by atoms with van der Waals surface area (Å²) in [5, 5.41) is 15.5. The van der Waals surface area contributed by atoms with Gasteiger partial charge in [0.1, 0.15) is 5.75 Å². The molecular weight excluding hydrogens is 244 g/mol. The minimum absolute atomic E-state index is 0.158. The molecule has 5 nitrogen and oxygen atoms in total. The summed E-state index contributed by atoms with van der Waals surface area (Å²) in [6, 6.07) is 7.70. The number of hydrogen-bond acceptors (Lipinski definition) is 3. The number of nitrogens with zero attached hydrogens (tertiary/aromatic N) is 1. The molecule has 2 N–H and O–H groups in total. The van der Waals surface area contributed by atoms with E-state index < -0.39 is 5.97 Å². The highest BCUT2D eigenvalue weighted by molar-refractivity contribution is 5.73. The zero-order valence-electron chi connectivity index (χ0n) is 10.2. The van der Waals surface area contributed by atoms with Gasteiger partial charge < -0.3 is 9.84 Å². The van der Waals surface area contributed by atoms with Crippen molar-refractivity contribution in [2.24, 2.45) is 11.8 Å². The Morgan fingerprint density at radius 2 is 2.16 bits per heavy atom. The van der Waals surface area contributed by atoms with Gasteiger partial charge in [0.25, 0.3) is 0 Å². The van der Waals surface area contributed by atoms with Crippen LogP contribution in [0.2, 0.25) is 0 Å². The van der Waals surface area contributed by atoms with Gasteiger partial charge in [-0.1, -0.05) is 12.1 Å². The Morgan fingerprint density at radius 1 is 1.37 bits per heavy atom. The van der Waals surface area contributed by atoms with Crippen LogP contribution in [0.4, 0.5) is 0 Å². The van der Waals surface area contributed by atoms with E-state index in [-0.39, 0.29) is 11.8 Å². The fraction of sp³-hybridized carbons (Fsp3) is 0.286. The van der Waals surface area contributed by atoms with E-state index in [0.29, 0.717) is 6.61 Å². The van der Waals surface area contributed by atoms with Gasteiger partial charge in [0, 0.05) is 17.7 Å². The first-order valence-corrected chi connectivity index (χ1v) is 6.19. The summed E-state index contributed by atoms with van der Waals surface area (Å²) >= 11 is 0. The van der Waals surface area contributed by atoms with Gasteiger partial charge >= 0.3 is 5.97 Å². The van der Waals surface area contributed by atoms with E-state index in [1.165, 1.54) is 0 Å². The lowest BCUT2D eigenvalue weighted by Crippen LogP contribution is -2.06. The summed E-state index contributed by atoms with van der Waals surface area (Å²) in [5.41, 5.74) is 2.09. The Labute approximate surface area is 110 Å². The first kappa shape index (κ1) is 11.8. The maximum absolute atomic E-state index is 10.7. The number of nitrogens with one attached hydrogen (secondary N) is 1. The van der Waals surface area contributed by atoms with Crippen molar-refractivity contribution in [2.45, 2.75) is 6.42 Å². The quantitative estimate of drug-likeness (QED) is 0.861. The van der Waals surface area contributed by atoms with Crippen molar-refractivity contribution < 1.29 is 14.6 Å². The zero-order valence-corrected chi connectivity index (χ0v) is 10.2. The smallest absolute Gasteiger partial charge is 0.306 e. The van der Waals surface area contributed by atoms with Crippen LogP contribution < -0.4 is 4.74 Å². The Morgan fingerprint density at radius 3 is 2.74 bits per heavy atom. The van der Waals surface area contributed by atoms with Crippen molar-refractivity contribution in [1.29, 1.82) is 0 Å². The second kappa shape index (κ2) is 4.76. The summed E-state index contributed by atoms with van der Waals surface area (Å²) < 4.78 is 5.60. The number of H-pyrrole nitrogens is 1. The maximum atomic E-state index is 10.7. The second-order valence-corrected chi connectivity index (χ2v) is 4.76. The molecule has 0 saturated heterocycles. The predicted molar refractivity (Wildman–Crippen MR) is 68.8 cm³/mol. The molecule has 1 saturated carbocycles. The van der Waals surface area contributed by atoms with Gasteiger partial charge in [-0.3, -0.25) is 9.89 Å². The molecule has 2 atom stereocenters. The van der Waals surface area contributed by atoms with Crippen molar-refractivity contribution >= 4 is 5.97 Å². The largest absolute Gasteiger partial charge is 0.493 e. The summed E-state index contributed by atoms with van der Waals surface area (Å²) in [4.78, 5) is 10.7. The molecule has 1 aromatic heterocycles. The van der Waals surface area contributed by atoms with Crippen LogP contribution in [0.15, 0.2) is 36.7 Å². The highest BCUT2D eigenvalue weighted by atomic mass is 16.5. The summed E-state index contributed by atoms with van der Waals surface area (Å²) in [6.45, 7) is 0.474. The number of aromatic nitrogens is 2. The van der Waals surface area contributed by atoms with Gasteiger partial charge in [0.05, 0.1) is 18.7 Å². The van der Waals surface area contributed by atoms with E-state index in [0.717, 1.165) is 23.3 Å². The lowest BCUT2D eigenvalue weighted by Gasteiger charge is -2.06. The number of hydrogen-bond donors (Lipinski definition) is 2. The Kier molecular flexibility index (Phi) is 2.95. The normalized spacial score (nSPS) is 21.1. The number of ether oxygens (including phenoxy) is 1. The molecule has 0 aliphatic heterocycles. The number of aliphatic carboxylic acids is 1. The number of aromatic amines is 1. The summed E-state index contributed by atoms with van der Waals surface area (Å²) in [7, 11) is 0. The third-order valence-electron chi connectivity index (χ3n) is 3.39. The second-order valence-electron chi connectivity index (χ2n) is 4.76. The van der Waals surface area contributed by atoms with Crippen molar-refractivity contribution in [1.82, 2.24) is 10.2 Å². The number of carbonyl (C=O) groups is 1. The van der Waals surface area contributed by atoms with Crippen LogP contribution in [0, 0.1) is 11.8 Å². The molecule has 1 fully saturated rings. The van der Waals surface area contributed by atoms with Gasteiger partial charge in [-0.25, -0.2) is 0 Å². The maximum Gasteiger partial charge on any atom is 0.306 e. The molecule has 1 aromatic carbocycles. The van der Waals surface area contributed by atoms with E-state index in [1.807, 2.05) is 30.5 Å². The van der Waals surface area contributed by atoms with Crippen LogP contribution in [-0.4, -0.2) is 27.9 Å². The van der Waals surface area contributed by atoms with E-state index in [2.05, 4.69) is 10.2 Å². The highest BCUT2D eigenvalue weighted by Gasteiger charge is 2.43. The fourth-order valence-electron chi connectivity index (χ4n) is 2.09. The molecule has 5 heteroatoms. The van der Waals surface area contributed by atoms with Crippen molar-refractivity contribution in [3.8, 4) is 16.9 Å². The molecule has 2 aromatic rings. The topological polar surface area (TPSA) is 75.2 Å². The van der Waals surface area contributed by atoms with Gasteiger partial charge in [-0.15, -0.1) is 0 Å². The average molecular weight is 258 g/mol. The van der Waals surface area contributed by atoms with E-state index in [4.69, 9.17) is 9.84 Å².